The summed E-state index contributed by atoms with van der Waals surface area (Å²) in [5.74, 6) is -0.630. The van der Waals surface area contributed by atoms with E-state index >= 15 is 0 Å². The quantitative estimate of drug-likeness (QED) is 0.837. The van der Waals surface area contributed by atoms with Crippen LogP contribution in [0, 0.1) is 6.92 Å². The number of halogens is 1. The van der Waals surface area contributed by atoms with Gasteiger partial charge in [0.05, 0.1) is 16.4 Å². The Hall–Kier alpha value is -2.53. The van der Waals surface area contributed by atoms with Gasteiger partial charge in [-0.25, -0.2) is 0 Å². The molecule has 6 heteroatoms. The first-order chi connectivity index (χ1) is 10.5. The molecule has 1 unspecified atom stereocenters. The lowest BCUT2D eigenvalue weighted by Gasteiger charge is -2.25. The fourth-order valence-corrected chi connectivity index (χ4v) is 2.43. The lowest BCUT2D eigenvalue weighted by Crippen LogP contribution is -2.45. The number of carbonyl (C=O) groups excluding carboxylic acids is 2. The summed E-state index contributed by atoms with van der Waals surface area (Å²) in [5.41, 5.74) is 1.96. The van der Waals surface area contributed by atoms with Crippen LogP contribution in [0.5, 0.6) is 5.75 Å². The van der Waals surface area contributed by atoms with Crippen LogP contribution in [-0.4, -0.2) is 17.9 Å². The predicted molar refractivity (Wildman–Crippen MR) is 84.3 cm³/mol. The number of hydrogen-bond donors (Lipinski definition) is 2. The first-order valence-corrected chi connectivity index (χ1v) is 7.06. The normalized spacial score (nSPS) is 16.3. The Morgan fingerprint density at radius 3 is 2.82 bits per heavy atom. The third kappa shape index (κ3) is 2.76. The van der Waals surface area contributed by atoms with E-state index in [1.165, 1.54) is 0 Å². The minimum atomic E-state index is -1.26. The Kier molecular flexibility index (Phi) is 3.73. The number of ether oxygens (including phenoxy) is 1. The number of benzene rings is 2. The maximum atomic E-state index is 12.3. The van der Waals surface area contributed by atoms with E-state index < -0.39 is 17.9 Å². The Morgan fingerprint density at radius 2 is 2.05 bits per heavy atom. The van der Waals surface area contributed by atoms with Gasteiger partial charge in [0.1, 0.15) is 5.75 Å². The average Bonchev–Trinajstić information content (AvgIpc) is 2.49. The summed E-state index contributed by atoms with van der Waals surface area (Å²) < 4.78 is 5.47. The van der Waals surface area contributed by atoms with Crippen molar-refractivity contribution < 1.29 is 14.3 Å². The molecule has 0 saturated carbocycles. The highest BCUT2D eigenvalue weighted by Gasteiger charge is 2.34. The molecule has 2 amide bonds. The number of anilines is 2. The van der Waals surface area contributed by atoms with Crippen molar-refractivity contribution in [3.05, 3.63) is 53.1 Å². The molecule has 1 aliphatic rings. The van der Waals surface area contributed by atoms with Crippen LogP contribution < -0.4 is 15.4 Å². The number of fused-ring (bicyclic) bond motifs is 1. The first kappa shape index (κ1) is 14.4. The number of aryl methyl sites for hydroxylation is 1. The summed E-state index contributed by atoms with van der Waals surface area (Å²) in [7, 11) is 0. The van der Waals surface area contributed by atoms with Gasteiger partial charge in [-0.05, 0) is 36.8 Å². The Morgan fingerprint density at radius 1 is 1.27 bits per heavy atom. The molecule has 22 heavy (non-hydrogen) atoms. The largest absolute Gasteiger partial charge is 0.468 e. The molecule has 1 atom stereocenters. The van der Waals surface area contributed by atoms with Crippen molar-refractivity contribution in [3.63, 3.8) is 0 Å². The van der Waals surface area contributed by atoms with E-state index in [1.807, 2.05) is 13.0 Å². The van der Waals surface area contributed by atoms with Crippen molar-refractivity contribution in [2.24, 2.45) is 0 Å². The highest BCUT2D eigenvalue weighted by Crippen LogP contribution is 2.29. The van der Waals surface area contributed by atoms with Gasteiger partial charge in [0, 0.05) is 0 Å². The van der Waals surface area contributed by atoms with E-state index in [0.717, 1.165) is 5.56 Å². The lowest BCUT2D eigenvalue weighted by atomic mass is 10.2. The molecular weight excluding hydrogens is 304 g/mol. The molecule has 3 rings (SSSR count). The standard InChI is InChI=1S/C16H13ClN2O3/c1-9-6-7-11(10(17)8-9)18-15(20)14-16(21)19-12-4-2-3-5-13(12)22-14/h2-8,14H,1H3,(H,18,20)(H,19,21). The van der Waals surface area contributed by atoms with Crippen LogP contribution >= 0.6 is 11.6 Å². The number of hydrogen-bond acceptors (Lipinski definition) is 3. The van der Waals surface area contributed by atoms with Gasteiger partial charge in [-0.3, -0.25) is 9.59 Å². The minimum Gasteiger partial charge on any atom is -0.468 e. The van der Waals surface area contributed by atoms with E-state index in [4.69, 9.17) is 16.3 Å². The van der Waals surface area contributed by atoms with Crippen molar-refractivity contribution in [2.45, 2.75) is 13.0 Å². The van der Waals surface area contributed by atoms with Crippen LogP contribution in [-0.2, 0) is 9.59 Å². The summed E-state index contributed by atoms with van der Waals surface area (Å²) >= 11 is 6.07. The maximum Gasteiger partial charge on any atom is 0.275 e. The monoisotopic (exact) mass is 316 g/mol. The zero-order chi connectivity index (χ0) is 15.7. The van der Waals surface area contributed by atoms with Crippen molar-refractivity contribution in [3.8, 4) is 5.75 Å². The smallest absolute Gasteiger partial charge is 0.275 e. The number of carbonyl (C=O) groups is 2. The number of rotatable bonds is 2. The van der Waals surface area contributed by atoms with Gasteiger partial charge >= 0.3 is 0 Å². The predicted octanol–water partition coefficient (Wildman–Crippen LogP) is 2.99. The van der Waals surface area contributed by atoms with E-state index in [1.54, 1.807) is 36.4 Å². The topological polar surface area (TPSA) is 67.4 Å². The van der Waals surface area contributed by atoms with Gasteiger partial charge in [0.2, 0.25) is 0 Å². The molecule has 0 radical (unpaired) electrons. The fraction of sp³-hybridized carbons (Fsp3) is 0.125. The van der Waals surface area contributed by atoms with Gasteiger partial charge < -0.3 is 15.4 Å². The van der Waals surface area contributed by atoms with Crippen LogP contribution in [0.1, 0.15) is 5.56 Å². The molecule has 1 aliphatic heterocycles. The molecule has 0 spiro atoms. The van der Waals surface area contributed by atoms with Crippen LogP contribution in [0.3, 0.4) is 0 Å². The van der Waals surface area contributed by atoms with Crippen molar-refractivity contribution in [1.29, 1.82) is 0 Å². The van der Waals surface area contributed by atoms with Crippen LogP contribution in [0.2, 0.25) is 5.02 Å². The number of para-hydroxylation sites is 2. The van der Waals surface area contributed by atoms with Crippen LogP contribution in [0.15, 0.2) is 42.5 Å². The third-order valence-electron chi connectivity index (χ3n) is 3.25. The summed E-state index contributed by atoms with van der Waals surface area (Å²) in [4.78, 5) is 24.3. The SMILES string of the molecule is Cc1ccc(NC(=O)C2Oc3ccccc3NC2=O)c(Cl)c1. The second-order valence-electron chi connectivity index (χ2n) is 4.96. The van der Waals surface area contributed by atoms with Gasteiger partial charge in [-0.15, -0.1) is 0 Å². The average molecular weight is 317 g/mol. The zero-order valence-corrected chi connectivity index (χ0v) is 12.5. The second kappa shape index (κ2) is 5.69. The fourth-order valence-electron chi connectivity index (χ4n) is 2.14. The molecular formula is C16H13ClN2O3. The summed E-state index contributed by atoms with van der Waals surface area (Å²) in [6.45, 7) is 1.89. The highest BCUT2D eigenvalue weighted by molar-refractivity contribution is 6.34. The molecule has 0 aliphatic carbocycles. The maximum absolute atomic E-state index is 12.3. The molecule has 2 N–H and O–H groups in total. The van der Waals surface area contributed by atoms with Gasteiger partial charge in [-0.2, -0.15) is 0 Å². The van der Waals surface area contributed by atoms with E-state index in [0.29, 0.717) is 22.1 Å². The van der Waals surface area contributed by atoms with Crippen molar-refractivity contribution in [1.82, 2.24) is 0 Å². The second-order valence-corrected chi connectivity index (χ2v) is 5.36. The van der Waals surface area contributed by atoms with Crippen molar-refractivity contribution >= 4 is 34.8 Å². The molecule has 0 saturated heterocycles. The third-order valence-corrected chi connectivity index (χ3v) is 3.56. The number of amides is 2. The molecule has 0 aromatic heterocycles. The van der Waals surface area contributed by atoms with Gasteiger partial charge in [0.15, 0.2) is 0 Å². The van der Waals surface area contributed by atoms with Crippen molar-refractivity contribution in [2.75, 3.05) is 10.6 Å². The molecule has 5 nitrogen and oxygen atoms in total. The van der Waals surface area contributed by atoms with E-state index in [2.05, 4.69) is 10.6 Å². The Labute approximate surface area is 132 Å². The van der Waals surface area contributed by atoms with E-state index in [9.17, 15) is 9.59 Å². The van der Waals surface area contributed by atoms with Crippen LogP contribution in [0.25, 0.3) is 0 Å². The lowest BCUT2D eigenvalue weighted by molar-refractivity contribution is -0.133. The molecule has 112 valence electrons. The van der Waals surface area contributed by atoms with Gasteiger partial charge in [-0.1, -0.05) is 29.8 Å². The molecule has 1 heterocycles. The highest BCUT2D eigenvalue weighted by atomic mass is 35.5. The molecule has 0 bridgehead atoms. The number of nitrogens with one attached hydrogen (secondary N) is 2. The van der Waals surface area contributed by atoms with Gasteiger partial charge in [0.25, 0.3) is 17.9 Å². The Bertz CT molecular complexity index is 761. The van der Waals surface area contributed by atoms with Crippen LogP contribution in [0.4, 0.5) is 11.4 Å². The summed E-state index contributed by atoms with van der Waals surface area (Å²) in [6.07, 6.45) is -1.26. The van der Waals surface area contributed by atoms with E-state index in [-0.39, 0.29) is 0 Å². The first-order valence-electron chi connectivity index (χ1n) is 6.68. The molecule has 2 aromatic rings. The Balaban J connectivity index is 1.79. The summed E-state index contributed by atoms with van der Waals surface area (Å²) in [6, 6.07) is 12.2. The zero-order valence-electron chi connectivity index (χ0n) is 11.7. The minimum absolute atomic E-state index is 0.407. The molecule has 0 fully saturated rings. The molecule has 2 aromatic carbocycles. The summed E-state index contributed by atoms with van der Waals surface area (Å²) in [5, 5.41) is 5.66.